The molecule has 52 valence electrons. The second-order valence-corrected chi connectivity index (χ2v) is 1.77. The molecule has 5 nitrogen and oxygen atoms in total. The molecular formula is C4H8N2O3. The zero-order valence-corrected chi connectivity index (χ0v) is 4.74. The molecule has 1 heterocycles. The van der Waals surface area contributed by atoms with Gasteiger partial charge in [-0.1, -0.05) is 0 Å². The maximum Gasteiger partial charge on any atom is 0.321 e. The topological polar surface area (TPSA) is 72.8 Å². The van der Waals surface area contributed by atoms with Crippen molar-refractivity contribution in [1.29, 1.82) is 0 Å². The lowest BCUT2D eigenvalue weighted by Crippen LogP contribution is -2.37. The molecule has 0 aromatic rings. The van der Waals surface area contributed by atoms with E-state index >= 15 is 0 Å². The molecule has 0 aliphatic carbocycles. The normalized spacial score (nSPS) is 19.0. The maximum atomic E-state index is 10.5. The number of hydrogen-bond donors (Lipinski definition) is 3. The van der Waals surface area contributed by atoms with Crippen molar-refractivity contribution < 1.29 is 15.0 Å². The average molecular weight is 132 g/mol. The summed E-state index contributed by atoms with van der Waals surface area (Å²) in [6.07, 6.45) is -1.66. The SMILES string of the molecule is O=C1NCCN1C(O)O. The summed E-state index contributed by atoms with van der Waals surface area (Å²) < 4.78 is 0. The Balaban J connectivity index is 2.49. The Morgan fingerprint density at radius 2 is 2.33 bits per heavy atom. The fourth-order valence-electron chi connectivity index (χ4n) is 0.707. The number of hydrogen-bond acceptors (Lipinski definition) is 3. The summed E-state index contributed by atoms with van der Waals surface area (Å²) in [5.74, 6) is 0. The Morgan fingerprint density at radius 1 is 1.67 bits per heavy atom. The number of carbonyl (C=O) groups excluding carboxylic acids is 1. The molecule has 5 heteroatoms. The highest BCUT2D eigenvalue weighted by atomic mass is 16.5. The number of aliphatic hydroxyl groups excluding tert-OH is 1. The lowest BCUT2D eigenvalue weighted by Gasteiger charge is -2.14. The third-order valence-electron chi connectivity index (χ3n) is 1.17. The van der Waals surface area contributed by atoms with Crippen LogP contribution in [-0.2, 0) is 0 Å². The second-order valence-electron chi connectivity index (χ2n) is 1.77. The fraction of sp³-hybridized carbons (Fsp3) is 0.750. The van der Waals surface area contributed by atoms with Crippen molar-refractivity contribution in [3.05, 3.63) is 0 Å². The molecule has 0 spiro atoms. The van der Waals surface area contributed by atoms with E-state index in [9.17, 15) is 4.79 Å². The van der Waals surface area contributed by atoms with Gasteiger partial charge >= 0.3 is 6.03 Å². The molecule has 1 fully saturated rings. The third kappa shape index (κ3) is 1.11. The van der Waals surface area contributed by atoms with E-state index in [1.54, 1.807) is 0 Å². The molecule has 9 heavy (non-hydrogen) atoms. The number of nitrogens with one attached hydrogen (secondary N) is 1. The summed E-state index contributed by atoms with van der Waals surface area (Å²) in [5.41, 5.74) is 0. The quantitative estimate of drug-likeness (QED) is 0.371. The van der Waals surface area contributed by atoms with Gasteiger partial charge in [0.2, 0.25) is 6.41 Å². The monoisotopic (exact) mass is 132 g/mol. The van der Waals surface area contributed by atoms with Gasteiger partial charge in [0.1, 0.15) is 0 Å². The molecule has 1 aliphatic heterocycles. The Morgan fingerprint density at radius 3 is 2.56 bits per heavy atom. The first-order chi connectivity index (χ1) is 4.22. The van der Waals surface area contributed by atoms with Crippen LogP contribution in [0.5, 0.6) is 0 Å². The van der Waals surface area contributed by atoms with Crippen LogP contribution in [0.15, 0.2) is 0 Å². The smallest absolute Gasteiger partial charge is 0.321 e. The van der Waals surface area contributed by atoms with Gasteiger partial charge in [-0.05, 0) is 0 Å². The van der Waals surface area contributed by atoms with E-state index < -0.39 is 12.4 Å². The molecule has 0 aromatic heterocycles. The summed E-state index contributed by atoms with van der Waals surface area (Å²) in [6, 6.07) is -0.426. The zero-order valence-electron chi connectivity index (χ0n) is 4.74. The van der Waals surface area contributed by atoms with Crippen molar-refractivity contribution in [1.82, 2.24) is 10.2 Å². The highest BCUT2D eigenvalue weighted by molar-refractivity contribution is 5.76. The van der Waals surface area contributed by atoms with Crippen LogP contribution in [0.2, 0.25) is 0 Å². The zero-order chi connectivity index (χ0) is 6.85. The number of carbonyl (C=O) groups is 1. The van der Waals surface area contributed by atoms with E-state index in [4.69, 9.17) is 10.2 Å². The minimum Gasteiger partial charge on any atom is -0.351 e. The molecule has 1 saturated heterocycles. The van der Waals surface area contributed by atoms with Gasteiger partial charge in [-0.15, -0.1) is 0 Å². The van der Waals surface area contributed by atoms with Crippen molar-refractivity contribution in [2.75, 3.05) is 13.1 Å². The number of amides is 2. The van der Waals surface area contributed by atoms with Crippen LogP contribution in [0, 0.1) is 0 Å². The highest BCUT2D eigenvalue weighted by Gasteiger charge is 2.23. The maximum absolute atomic E-state index is 10.5. The second kappa shape index (κ2) is 2.20. The number of rotatable bonds is 1. The van der Waals surface area contributed by atoms with E-state index in [1.807, 2.05) is 0 Å². The molecule has 1 aliphatic rings. The minimum absolute atomic E-state index is 0.358. The fourth-order valence-corrected chi connectivity index (χ4v) is 0.707. The number of urea groups is 1. The number of nitrogens with zero attached hydrogens (tertiary/aromatic N) is 1. The van der Waals surface area contributed by atoms with Gasteiger partial charge in [-0.2, -0.15) is 0 Å². The first-order valence-corrected chi connectivity index (χ1v) is 2.62. The average Bonchev–Trinajstić information content (AvgIpc) is 2.13. The predicted molar refractivity (Wildman–Crippen MR) is 28.3 cm³/mol. The van der Waals surface area contributed by atoms with Crippen LogP contribution in [0.4, 0.5) is 4.79 Å². The van der Waals surface area contributed by atoms with Crippen LogP contribution < -0.4 is 5.32 Å². The van der Waals surface area contributed by atoms with Gasteiger partial charge in [0.25, 0.3) is 0 Å². The highest BCUT2D eigenvalue weighted by Crippen LogP contribution is 1.97. The summed E-state index contributed by atoms with van der Waals surface area (Å²) in [6.45, 7) is 0.840. The minimum atomic E-state index is -1.66. The molecule has 0 unspecified atom stereocenters. The first-order valence-electron chi connectivity index (χ1n) is 2.62. The summed E-state index contributed by atoms with van der Waals surface area (Å²) in [5, 5.41) is 19.3. The van der Waals surface area contributed by atoms with Gasteiger partial charge in [0, 0.05) is 13.1 Å². The molecule has 2 amide bonds. The molecule has 0 aromatic carbocycles. The Labute approximate surface area is 51.9 Å². The summed E-state index contributed by atoms with van der Waals surface area (Å²) >= 11 is 0. The summed E-state index contributed by atoms with van der Waals surface area (Å²) in [4.78, 5) is 11.4. The lowest BCUT2D eigenvalue weighted by atomic mass is 10.6. The van der Waals surface area contributed by atoms with Gasteiger partial charge in [0.15, 0.2) is 0 Å². The Kier molecular flexibility index (Phi) is 1.54. The van der Waals surface area contributed by atoms with Crippen LogP contribution in [0.25, 0.3) is 0 Å². The van der Waals surface area contributed by atoms with E-state index in [1.165, 1.54) is 0 Å². The van der Waals surface area contributed by atoms with Gasteiger partial charge in [-0.3, -0.25) is 4.90 Å². The Bertz CT molecular complexity index is 125. The van der Waals surface area contributed by atoms with E-state index in [2.05, 4.69) is 5.32 Å². The van der Waals surface area contributed by atoms with Crippen LogP contribution in [0.3, 0.4) is 0 Å². The van der Waals surface area contributed by atoms with Gasteiger partial charge in [-0.25, -0.2) is 4.79 Å². The van der Waals surface area contributed by atoms with E-state index in [0.717, 1.165) is 4.90 Å². The van der Waals surface area contributed by atoms with Crippen LogP contribution >= 0.6 is 0 Å². The van der Waals surface area contributed by atoms with E-state index in [-0.39, 0.29) is 0 Å². The van der Waals surface area contributed by atoms with Crippen molar-refractivity contribution >= 4 is 6.03 Å². The van der Waals surface area contributed by atoms with E-state index in [0.29, 0.717) is 13.1 Å². The number of aliphatic hydroxyl groups is 2. The molecule has 0 radical (unpaired) electrons. The van der Waals surface area contributed by atoms with Gasteiger partial charge in [0.05, 0.1) is 0 Å². The summed E-state index contributed by atoms with van der Waals surface area (Å²) in [7, 11) is 0. The standard InChI is InChI=1S/C4H8N2O3/c7-3-5-1-2-6(3)4(8)9/h4,8-9H,1-2H2,(H,5,7). The molecule has 0 atom stereocenters. The molecular weight excluding hydrogens is 124 g/mol. The molecule has 0 saturated carbocycles. The lowest BCUT2D eigenvalue weighted by molar-refractivity contribution is -0.126. The van der Waals surface area contributed by atoms with Crippen LogP contribution in [-0.4, -0.2) is 40.6 Å². The van der Waals surface area contributed by atoms with Crippen molar-refractivity contribution in [2.45, 2.75) is 6.41 Å². The van der Waals surface area contributed by atoms with Gasteiger partial charge < -0.3 is 15.5 Å². The van der Waals surface area contributed by atoms with Crippen molar-refractivity contribution in [3.8, 4) is 0 Å². The van der Waals surface area contributed by atoms with Crippen molar-refractivity contribution in [3.63, 3.8) is 0 Å². The molecule has 0 bridgehead atoms. The van der Waals surface area contributed by atoms with Crippen molar-refractivity contribution in [2.24, 2.45) is 0 Å². The largest absolute Gasteiger partial charge is 0.351 e. The molecule has 3 N–H and O–H groups in total. The molecule has 1 rings (SSSR count). The van der Waals surface area contributed by atoms with Crippen LogP contribution in [0.1, 0.15) is 0 Å². The Hall–Kier alpha value is -0.810. The first kappa shape index (κ1) is 6.31. The third-order valence-corrected chi connectivity index (χ3v) is 1.17. The predicted octanol–water partition coefficient (Wildman–Crippen LogP) is -1.72.